The molecule has 0 aliphatic carbocycles. The van der Waals surface area contributed by atoms with Crippen molar-refractivity contribution in [1.29, 1.82) is 0 Å². The molecule has 32 heavy (non-hydrogen) atoms. The minimum atomic E-state index is -0.129. The molecule has 1 aliphatic heterocycles. The van der Waals surface area contributed by atoms with Crippen molar-refractivity contribution >= 4 is 17.0 Å². The normalized spacial score (nSPS) is 15.3. The molecule has 0 spiro atoms. The van der Waals surface area contributed by atoms with Crippen molar-refractivity contribution in [3.63, 3.8) is 0 Å². The maximum absolute atomic E-state index is 11.8. The average Bonchev–Trinajstić information content (AvgIpc) is 3.50. The number of nitrogens with zero attached hydrogens (tertiary/aromatic N) is 3. The summed E-state index contributed by atoms with van der Waals surface area (Å²) in [6, 6.07) is 17.0. The third-order valence-electron chi connectivity index (χ3n) is 6.27. The molecule has 1 aliphatic rings. The van der Waals surface area contributed by atoms with E-state index in [2.05, 4.69) is 56.9 Å². The van der Waals surface area contributed by atoms with E-state index in [1.54, 1.807) is 12.5 Å². The Morgan fingerprint density at radius 2 is 2.00 bits per heavy atom. The maximum atomic E-state index is 11.8. The van der Waals surface area contributed by atoms with Crippen LogP contribution >= 0.6 is 0 Å². The molecule has 5 rings (SSSR count). The van der Waals surface area contributed by atoms with Gasteiger partial charge in [-0.15, -0.1) is 0 Å². The Kier molecular flexibility index (Phi) is 5.77. The summed E-state index contributed by atoms with van der Waals surface area (Å²) < 4.78 is 12.4. The second-order valence-corrected chi connectivity index (χ2v) is 8.28. The highest BCUT2D eigenvalue weighted by Crippen LogP contribution is 2.31. The van der Waals surface area contributed by atoms with Crippen LogP contribution in [0.2, 0.25) is 0 Å². The van der Waals surface area contributed by atoms with E-state index >= 15 is 0 Å². The fraction of sp³-hybridized carbons (Fsp3) is 0.308. The summed E-state index contributed by atoms with van der Waals surface area (Å²) in [5.74, 6) is 0.367. The minimum Gasteiger partial charge on any atom is -0.472 e. The fourth-order valence-corrected chi connectivity index (χ4v) is 4.57. The summed E-state index contributed by atoms with van der Waals surface area (Å²) in [6.45, 7) is 4.51. The quantitative estimate of drug-likeness (QED) is 0.403. The molecule has 6 heteroatoms. The van der Waals surface area contributed by atoms with E-state index in [0.717, 1.165) is 53.8 Å². The number of rotatable bonds is 6. The van der Waals surface area contributed by atoms with Gasteiger partial charge in [-0.05, 0) is 80.2 Å². The van der Waals surface area contributed by atoms with Crippen LogP contribution in [0.1, 0.15) is 31.2 Å². The lowest BCUT2D eigenvalue weighted by atomic mass is 9.89. The van der Waals surface area contributed by atoms with Crippen molar-refractivity contribution in [3.8, 4) is 16.8 Å². The van der Waals surface area contributed by atoms with Gasteiger partial charge in [-0.25, -0.2) is 4.98 Å². The first kappa shape index (κ1) is 20.5. The van der Waals surface area contributed by atoms with Crippen molar-refractivity contribution in [3.05, 3.63) is 72.9 Å². The molecule has 0 atom stereocenters. The van der Waals surface area contributed by atoms with Crippen LogP contribution in [0.5, 0.6) is 0 Å². The molecule has 2 aromatic carbocycles. The Hall–Kier alpha value is -3.38. The van der Waals surface area contributed by atoms with Gasteiger partial charge in [0.05, 0.1) is 36.7 Å². The van der Waals surface area contributed by atoms with E-state index in [0.29, 0.717) is 19.1 Å². The van der Waals surface area contributed by atoms with Gasteiger partial charge < -0.3 is 9.15 Å². The molecule has 164 valence electrons. The zero-order valence-electron chi connectivity index (χ0n) is 18.2. The molecule has 1 saturated heterocycles. The summed E-state index contributed by atoms with van der Waals surface area (Å²) in [4.78, 5) is 18.6. The number of benzene rings is 2. The Balaban J connectivity index is 1.32. The van der Waals surface area contributed by atoms with E-state index in [-0.39, 0.29) is 5.97 Å². The van der Waals surface area contributed by atoms with Crippen molar-refractivity contribution in [2.24, 2.45) is 0 Å². The van der Waals surface area contributed by atoms with E-state index in [1.165, 1.54) is 5.56 Å². The van der Waals surface area contributed by atoms with Crippen molar-refractivity contribution < 1.29 is 13.9 Å². The minimum absolute atomic E-state index is 0.129. The smallest absolute Gasteiger partial charge is 0.320 e. The molecular formula is C26H27N3O3. The van der Waals surface area contributed by atoms with Crippen LogP contribution in [0.25, 0.3) is 27.8 Å². The molecule has 0 amide bonds. The number of aromatic nitrogens is 2. The van der Waals surface area contributed by atoms with E-state index < -0.39 is 0 Å². The van der Waals surface area contributed by atoms with E-state index in [9.17, 15) is 4.79 Å². The van der Waals surface area contributed by atoms with Crippen molar-refractivity contribution in [1.82, 2.24) is 14.5 Å². The molecule has 0 unspecified atom stereocenters. The highest BCUT2D eigenvalue weighted by atomic mass is 16.5. The van der Waals surface area contributed by atoms with Gasteiger partial charge in [-0.1, -0.05) is 18.2 Å². The zero-order chi connectivity index (χ0) is 21.9. The summed E-state index contributed by atoms with van der Waals surface area (Å²) >= 11 is 0. The predicted octanol–water partition coefficient (Wildman–Crippen LogP) is 5.03. The molecule has 6 nitrogen and oxygen atoms in total. The number of piperidine rings is 1. The molecule has 0 radical (unpaired) electrons. The van der Waals surface area contributed by atoms with Gasteiger partial charge in [0.2, 0.25) is 0 Å². The Labute approximate surface area is 187 Å². The highest BCUT2D eigenvalue weighted by Gasteiger charge is 2.22. The van der Waals surface area contributed by atoms with Crippen LogP contribution in [0.3, 0.4) is 0 Å². The summed E-state index contributed by atoms with van der Waals surface area (Å²) in [6.07, 6.45) is 7.42. The van der Waals surface area contributed by atoms with E-state index in [4.69, 9.17) is 9.15 Å². The molecular weight excluding hydrogens is 402 g/mol. The number of imidazole rings is 1. The van der Waals surface area contributed by atoms with Gasteiger partial charge in [0, 0.05) is 11.3 Å². The van der Waals surface area contributed by atoms with Gasteiger partial charge in [-0.2, -0.15) is 0 Å². The number of likely N-dealkylation sites (tertiary alicyclic amines) is 1. The standard InChI is InChI=1S/C26H27N3O3/c1-2-32-26(30)16-28-11-8-19(9-12-28)20-4-3-5-23(14-20)29-18-27-24-15-21(6-7-25(24)29)22-10-13-31-17-22/h3-7,10,13-15,17-19H,2,8-9,11-12,16H2,1H3. The number of ether oxygens (including phenoxy) is 1. The van der Waals surface area contributed by atoms with Gasteiger partial charge in [0.1, 0.15) is 6.33 Å². The topological polar surface area (TPSA) is 60.5 Å². The van der Waals surface area contributed by atoms with Crippen LogP contribution < -0.4 is 0 Å². The second-order valence-electron chi connectivity index (χ2n) is 8.28. The Morgan fingerprint density at radius 1 is 1.12 bits per heavy atom. The van der Waals surface area contributed by atoms with Crippen LogP contribution in [0.15, 0.2) is 71.8 Å². The van der Waals surface area contributed by atoms with Crippen LogP contribution in [0, 0.1) is 0 Å². The molecule has 4 aromatic rings. The Morgan fingerprint density at radius 3 is 2.78 bits per heavy atom. The summed E-state index contributed by atoms with van der Waals surface area (Å²) in [7, 11) is 0. The number of esters is 1. The number of carbonyl (C=O) groups excluding carboxylic acids is 1. The van der Waals surface area contributed by atoms with Crippen LogP contribution in [-0.4, -0.2) is 46.7 Å². The third kappa shape index (κ3) is 4.18. The number of hydrogen-bond donors (Lipinski definition) is 0. The monoisotopic (exact) mass is 429 g/mol. The Bertz CT molecular complexity index is 1200. The predicted molar refractivity (Wildman–Crippen MR) is 124 cm³/mol. The molecule has 0 bridgehead atoms. The number of hydrogen-bond acceptors (Lipinski definition) is 5. The highest BCUT2D eigenvalue weighted by molar-refractivity contribution is 5.83. The summed E-state index contributed by atoms with van der Waals surface area (Å²) in [5, 5.41) is 0. The van der Waals surface area contributed by atoms with Crippen molar-refractivity contribution in [2.45, 2.75) is 25.7 Å². The molecule has 2 aromatic heterocycles. The summed E-state index contributed by atoms with van der Waals surface area (Å²) in [5.41, 5.74) is 6.66. The van der Waals surface area contributed by atoms with Gasteiger partial charge in [0.25, 0.3) is 0 Å². The van der Waals surface area contributed by atoms with Crippen molar-refractivity contribution in [2.75, 3.05) is 26.2 Å². The molecule has 0 N–H and O–H groups in total. The van der Waals surface area contributed by atoms with Crippen LogP contribution in [-0.2, 0) is 9.53 Å². The van der Waals surface area contributed by atoms with E-state index in [1.807, 2.05) is 19.3 Å². The number of carbonyl (C=O) groups is 1. The zero-order valence-corrected chi connectivity index (χ0v) is 18.2. The molecule has 3 heterocycles. The lowest BCUT2D eigenvalue weighted by Crippen LogP contribution is -2.37. The van der Waals surface area contributed by atoms with Crippen LogP contribution in [0.4, 0.5) is 0 Å². The second kappa shape index (κ2) is 9.01. The van der Waals surface area contributed by atoms with Gasteiger partial charge in [0.15, 0.2) is 0 Å². The molecule has 0 saturated carbocycles. The fourth-order valence-electron chi connectivity index (χ4n) is 4.57. The SMILES string of the molecule is CCOC(=O)CN1CCC(c2cccc(-n3cnc4cc(-c5ccoc5)ccc43)c2)CC1. The lowest BCUT2D eigenvalue weighted by molar-refractivity contribution is -0.144. The third-order valence-corrected chi connectivity index (χ3v) is 6.27. The van der Waals surface area contributed by atoms with Gasteiger partial charge >= 0.3 is 5.97 Å². The number of furan rings is 1. The first-order valence-corrected chi connectivity index (χ1v) is 11.2. The largest absolute Gasteiger partial charge is 0.472 e. The average molecular weight is 430 g/mol. The lowest BCUT2D eigenvalue weighted by Gasteiger charge is -2.31. The maximum Gasteiger partial charge on any atom is 0.320 e. The number of fused-ring (bicyclic) bond motifs is 1. The first-order chi connectivity index (χ1) is 15.7. The first-order valence-electron chi connectivity index (χ1n) is 11.2. The van der Waals surface area contributed by atoms with Gasteiger partial charge in [-0.3, -0.25) is 14.3 Å². The molecule has 1 fully saturated rings.